The molecule has 0 amide bonds. The summed E-state index contributed by atoms with van der Waals surface area (Å²) in [5.41, 5.74) is 6.92. The third kappa shape index (κ3) is 2.23. The van der Waals surface area contributed by atoms with Crippen molar-refractivity contribution in [1.82, 2.24) is 0 Å². The summed E-state index contributed by atoms with van der Waals surface area (Å²) in [5.74, 6) is 1.57. The number of nitrogens with two attached hydrogens (primary N) is 1. The molecule has 0 radical (unpaired) electrons. The van der Waals surface area contributed by atoms with Crippen LogP contribution in [0.1, 0.15) is 6.42 Å². The summed E-state index contributed by atoms with van der Waals surface area (Å²) >= 11 is 0. The van der Waals surface area contributed by atoms with Crippen LogP contribution in [0.15, 0.2) is 24.3 Å². The van der Waals surface area contributed by atoms with E-state index in [4.69, 9.17) is 10.5 Å². The van der Waals surface area contributed by atoms with Gasteiger partial charge in [-0.15, -0.1) is 0 Å². The zero-order valence-corrected chi connectivity index (χ0v) is 9.15. The maximum absolute atomic E-state index is 5.68. The largest absolute Gasteiger partial charge is 0.497 e. The van der Waals surface area contributed by atoms with Crippen molar-refractivity contribution in [2.75, 3.05) is 31.6 Å². The van der Waals surface area contributed by atoms with Crippen LogP contribution in [0, 0.1) is 5.92 Å². The monoisotopic (exact) mass is 206 g/mol. The van der Waals surface area contributed by atoms with Crippen LogP contribution in [0.5, 0.6) is 5.75 Å². The van der Waals surface area contributed by atoms with Crippen LogP contribution in [0.25, 0.3) is 0 Å². The van der Waals surface area contributed by atoms with E-state index in [1.165, 1.54) is 12.1 Å². The molecule has 0 saturated carbocycles. The number of benzene rings is 1. The molecule has 0 bridgehead atoms. The number of nitrogens with zero attached hydrogens (tertiary/aromatic N) is 1. The Labute approximate surface area is 90.8 Å². The fraction of sp³-hybridized carbons (Fsp3) is 0.500. The molecule has 3 heteroatoms. The van der Waals surface area contributed by atoms with Gasteiger partial charge < -0.3 is 15.4 Å². The molecule has 1 heterocycles. The van der Waals surface area contributed by atoms with Gasteiger partial charge in [-0.25, -0.2) is 0 Å². The quantitative estimate of drug-likeness (QED) is 0.814. The minimum Gasteiger partial charge on any atom is -0.497 e. The smallest absolute Gasteiger partial charge is 0.120 e. The van der Waals surface area contributed by atoms with Crippen molar-refractivity contribution in [1.29, 1.82) is 0 Å². The van der Waals surface area contributed by atoms with Crippen LogP contribution in [-0.2, 0) is 0 Å². The number of rotatable bonds is 3. The van der Waals surface area contributed by atoms with Crippen molar-refractivity contribution < 1.29 is 4.74 Å². The van der Waals surface area contributed by atoms with E-state index in [9.17, 15) is 0 Å². The van der Waals surface area contributed by atoms with Crippen LogP contribution in [-0.4, -0.2) is 26.7 Å². The first-order chi connectivity index (χ1) is 7.33. The Bertz CT molecular complexity index is 327. The minimum atomic E-state index is 0.649. The van der Waals surface area contributed by atoms with E-state index in [0.717, 1.165) is 25.4 Å². The lowest BCUT2D eigenvalue weighted by atomic mass is 10.1. The van der Waals surface area contributed by atoms with Crippen molar-refractivity contribution in [3.63, 3.8) is 0 Å². The predicted octanol–water partition coefficient (Wildman–Crippen LogP) is 1.48. The van der Waals surface area contributed by atoms with Crippen LogP contribution in [0.3, 0.4) is 0 Å². The second-order valence-corrected chi connectivity index (χ2v) is 4.04. The maximum Gasteiger partial charge on any atom is 0.120 e. The van der Waals surface area contributed by atoms with Crippen molar-refractivity contribution in [3.05, 3.63) is 24.3 Å². The van der Waals surface area contributed by atoms with E-state index in [2.05, 4.69) is 17.0 Å². The van der Waals surface area contributed by atoms with Crippen molar-refractivity contribution in [2.45, 2.75) is 6.42 Å². The van der Waals surface area contributed by atoms with Gasteiger partial charge in [-0.3, -0.25) is 0 Å². The van der Waals surface area contributed by atoms with E-state index in [-0.39, 0.29) is 0 Å². The predicted molar refractivity (Wildman–Crippen MR) is 62.4 cm³/mol. The maximum atomic E-state index is 5.68. The standard InChI is InChI=1S/C12H18N2O/c1-15-12-4-2-3-11(7-12)14-6-5-10(8-13)9-14/h2-4,7,10H,5-6,8-9,13H2,1H3. The lowest BCUT2D eigenvalue weighted by molar-refractivity contribution is 0.415. The second kappa shape index (κ2) is 4.53. The molecule has 0 spiro atoms. The molecule has 1 atom stereocenters. The van der Waals surface area contributed by atoms with Gasteiger partial charge in [-0.2, -0.15) is 0 Å². The molecule has 0 aliphatic carbocycles. The van der Waals surface area contributed by atoms with Crippen LogP contribution in [0.4, 0.5) is 5.69 Å². The Morgan fingerprint density at radius 3 is 3.07 bits per heavy atom. The van der Waals surface area contributed by atoms with Crippen molar-refractivity contribution in [2.24, 2.45) is 11.7 Å². The number of ether oxygens (including phenoxy) is 1. The van der Waals surface area contributed by atoms with Gasteiger partial charge in [-0.1, -0.05) is 6.07 Å². The first-order valence-electron chi connectivity index (χ1n) is 5.42. The van der Waals surface area contributed by atoms with Gasteiger partial charge in [0.2, 0.25) is 0 Å². The van der Waals surface area contributed by atoms with Gasteiger partial charge in [-0.05, 0) is 31.0 Å². The average Bonchev–Trinajstić information content (AvgIpc) is 2.78. The fourth-order valence-corrected chi connectivity index (χ4v) is 2.07. The van der Waals surface area contributed by atoms with Gasteiger partial charge in [0.1, 0.15) is 5.75 Å². The van der Waals surface area contributed by atoms with Crippen LogP contribution < -0.4 is 15.4 Å². The molecule has 1 fully saturated rings. The third-order valence-electron chi connectivity index (χ3n) is 3.04. The third-order valence-corrected chi connectivity index (χ3v) is 3.04. The molecule has 2 rings (SSSR count). The Kier molecular flexibility index (Phi) is 3.11. The fourth-order valence-electron chi connectivity index (χ4n) is 2.07. The molecular formula is C12H18N2O. The zero-order chi connectivity index (χ0) is 10.7. The first kappa shape index (κ1) is 10.3. The van der Waals surface area contributed by atoms with Crippen molar-refractivity contribution >= 4 is 5.69 Å². The lowest BCUT2D eigenvalue weighted by Crippen LogP contribution is -2.22. The topological polar surface area (TPSA) is 38.5 Å². The normalized spacial score (nSPS) is 20.7. The van der Waals surface area contributed by atoms with E-state index in [1.54, 1.807) is 7.11 Å². The minimum absolute atomic E-state index is 0.649. The lowest BCUT2D eigenvalue weighted by Gasteiger charge is -2.19. The van der Waals surface area contributed by atoms with Crippen molar-refractivity contribution in [3.8, 4) is 5.75 Å². The van der Waals surface area contributed by atoms with E-state index >= 15 is 0 Å². The summed E-state index contributed by atoms with van der Waals surface area (Å²) in [6, 6.07) is 8.21. The van der Waals surface area contributed by atoms with Gasteiger partial charge in [0.05, 0.1) is 7.11 Å². The van der Waals surface area contributed by atoms with Gasteiger partial charge in [0.15, 0.2) is 0 Å². The second-order valence-electron chi connectivity index (χ2n) is 4.04. The van der Waals surface area contributed by atoms with E-state index in [1.807, 2.05) is 12.1 Å². The highest BCUT2D eigenvalue weighted by molar-refractivity contribution is 5.51. The molecule has 1 aliphatic heterocycles. The molecule has 1 aromatic rings. The molecule has 1 saturated heterocycles. The van der Waals surface area contributed by atoms with E-state index in [0.29, 0.717) is 5.92 Å². The molecule has 1 aliphatic rings. The summed E-state index contributed by atoms with van der Waals surface area (Å²) in [6.45, 7) is 2.97. The number of methoxy groups -OCH3 is 1. The molecule has 15 heavy (non-hydrogen) atoms. The van der Waals surface area contributed by atoms with E-state index < -0.39 is 0 Å². The SMILES string of the molecule is COc1cccc(N2CCC(CN)C2)c1. The highest BCUT2D eigenvalue weighted by atomic mass is 16.5. The molecule has 3 nitrogen and oxygen atoms in total. The highest BCUT2D eigenvalue weighted by Gasteiger charge is 2.21. The summed E-state index contributed by atoms with van der Waals surface area (Å²) in [4.78, 5) is 2.38. The molecule has 1 aromatic carbocycles. The van der Waals surface area contributed by atoms with Crippen LogP contribution in [0.2, 0.25) is 0 Å². The number of anilines is 1. The molecule has 82 valence electrons. The highest BCUT2D eigenvalue weighted by Crippen LogP contribution is 2.26. The average molecular weight is 206 g/mol. The van der Waals surface area contributed by atoms with Crippen LogP contribution >= 0.6 is 0 Å². The number of hydrogen-bond donors (Lipinski definition) is 1. The molecular weight excluding hydrogens is 188 g/mol. The summed E-state index contributed by atoms with van der Waals surface area (Å²) in [6.07, 6.45) is 1.20. The molecule has 2 N–H and O–H groups in total. The van der Waals surface area contributed by atoms with Gasteiger partial charge in [0.25, 0.3) is 0 Å². The Balaban J connectivity index is 2.09. The molecule has 0 aromatic heterocycles. The Hall–Kier alpha value is -1.22. The molecule has 1 unspecified atom stereocenters. The zero-order valence-electron chi connectivity index (χ0n) is 9.15. The summed E-state index contributed by atoms with van der Waals surface area (Å²) < 4.78 is 5.22. The summed E-state index contributed by atoms with van der Waals surface area (Å²) in [5, 5.41) is 0. The Morgan fingerprint density at radius 1 is 1.53 bits per heavy atom. The number of hydrogen-bond acceptors (Lipinski definition) is 3. The van der Waals surface area contributed by atoms with Gasteiger partial charge in [0, 0.05) is 24.8 Å². The Morgan fingerprint density at radius 2 is 2.40 bits per heavy atom. The summed E-state index contributed by atoms with van der Waals surface area (Å²) in [7, 11) is 1.70. The van der Waals surface area contributed by atoms with Gasteiger partial charge >= 0.3 is 0 Å². The first-order valence-corrected chi connectivity index (χ1v) is 5.42.